The zero-order chi connectivity index (χ0) is 22.1. The van der Waals surface area contributed by atoms with E-state index in [4.69, 9.17) is 4.74 Å². The Hall–Kier alpha value is -3.96. The molecule has 1 aliphatic heterocycles. The number of anilines is 1. The van der Waals surface area contributed by atoms with Crippen molar-refractivity contribution in [3.63, 3.8) is 0 Å². The van der Waals surface area contributed by atoms with Gasteiger partial charge in [0.1, 0.15) is 0 Å². The molecule has 160 valence electrons. The van der Waals surface area contributed by atoms with Gasteiger partial charge in [0.05, 0.1) is 42.3 Å². The molecule has 8 heteroatoms. The molecule has 0 unspecified atom stereocenters. The van der Waals surface area contributed by atoms with Gasteiger partial charge in [0.15, 0.2) is 0 Å². The van der Waals surface area contributed by atoms with Crippen molar-refractivity contribution in [2.45, 2.75) is 6.54 Å². The fourth-order valence-electron chi connectivity index (χ4n) is 4.07. The van der Waals surface area contributed by atoms with Crippen molar-refractivity contribution in [3.8, 4) is 17.2 Å². The number of morpholine rings is 1. The average Bonchev–Trinajstić information content (AvgIpc) is 3.09. The summed E-state index contributed by atoms with van der Waals surface area (Å²) < 4.78 is 8.89. The van der Waals surface area contributed by atoms with Gasteiger partial charge in [-0.2, -0.15) is 5.26 Å². The molecular weight excluding hydrogens is 404 g/mol. The number of nitrogens with zero attached hydrogens (tertiary/aromatic N) is 6. The molecule has 1 aliphatic rings. The molecule has 0 amide bonds. The van der Waals surface area contributed by atoms with Crippen LogP contribution < -0.4 is 10.5 Å². The van der Waals surface area contributed by atoms with Crippen LogP contribution in [-0.2, 0) is 18.3 Å². The molecule has 0 atom stereocenters. The molecule has 3 heterocycles. The van der Waals surface area contributed by atoms with E-state index < -0.39 is 0 Å². The Morgan fingerprint density at radius 2 is 1.81 bits per heavy atom. The van der Waals surface area contributed by atoms with Gasteiger partial charge in [-0.1, -0.05) is 24.3 Å². The van der Waals surface area contributed by atoms with E-state index in [1.165, 1.54) is 0 Å². The number of hydrogen-bond acceptors (Lipinski definition) is 6. The molecule has 0 spiro atoms. The van der Waals surface area contributed by atoms with Crippen molar-refractivity contribution in [1.29, 1.82) is 5.26 Å². The molecule has 1 fully saturated rings. The first-order valence-electron chi connectivity index (χ1n) is 10.5. The smallest absolute Gasteiger partial charge is 0.274 e. The van der Waals surface area contributed by atoms with Crippen LogP contribution in [0.15, 0.2) is 59.7 Å². The number of aromatic nitrogens is 4. The van der Waals surface area contributed by atoms with Crippen molar-refractivity contribution in [3.05, 3.63) is 76.3 Å². The van der Waals surface area contributed by atoms with E-state index in [0.717, 1.165) is 35.3 Å². The summed E-state index contributed by atoms with van der Waals surface area (Å²) in [6, 6.07) is 15.4. The minimum absolute atomic E-state index is 0.0695. The summed E-state index contributed by atoms with van der Waals surface area (Å²) >= 11 is 0. The SMILES string of the molecule is Cn1c(=O)c2ccc(-c3cnc(N4CCOCC4)nc3)cc2n1Cc1ccccc1C#N. The Labute approximate surface area is 184 Å². The number of hydrogen-bond donors (Lipinski definition) is 0. The summed E-state index contributed by atoms with van der Waals surface area (Å²) in [4.78, 5) is 24.0. The topological polar surface area (TPSA) is 89.0 Å². The van der Waals surface area contributed by atoms with Gasteiger partial charge in [-0.05, 0) is 29.3 Å². The van der Waals surface area contributed by atoms with E-state index in [2.05, 4.69) is 20.9 Å². The molecule has 0 aliphatic carbocycles. The average molecular weight is 426 g/mol. The van der Waals surface area contributed by atoms with E-state index in [0.29, 0.717) is 36.7 Å². The summed E-state index contributed by atoms with van der Waals surface area (Å²) in [5.74, 6) is 0.697. The van der Waals surface area contributed by atoms with E-state index in [9.17, 15) is 10.1 Å². The van der Waals surface area contributed by atoms with Gasteiger partial charge in [0.25, 0.3) is 5.56 Å². The van der Waals surface area contributed by atoms with Crippen LogP contribution in [0.5, 0.6) is 0 Å². The van der Waals surface area contributed by atoms with E-state index in [1.54, 1.807) is 17.8 Å². The summed E-state index contributed by atoms with van der Waals surface area (Å²) in [5, 5.41) is 10.1. The Kier molecular flexibility index (Phi) is 5.17. The van der Waals surface area contributed by atoms with Crippen LogP contribution in [0.25, 0.3) is 22.0 Å². The highest BCUT2D eigenvalue weighted by atomic mass is 16.5. The second kappa shape index (κ2) is 8.29. The fourth-order valence-corrected chi connectivity index (χ4v) is 4.07. The third kappa shape index (κ3) is 3.53. The van der Waals surface area contributed by atoms with Crippen LogP contribution in [-0.4, -0.2) is 45.6 Å². The zero-order valence-electron chi connectivity index (χ0n) is 17.7. The van der Waals surface area contributed by atoms with Gasteiger partial charge in [-0.15, -0.1) is 0 Å². The first kappa shape index (κ1) is 20.0. The number of ether oxygens (including phenoxy) is 1. The quantitative estimate of drug-likeness (QED) is 0.498. The van der Waals surface area contributed by atoms with Crippen LogP contribution in [0, 0.1) is 11.3 Å². The van der Waals surface area contributed by atoms with Gasteiger partial charge >= 0.3 is 0 Å². The van der Waals surface area contributed by atoms with Crippen LogP contribution in [0.4, 0.5) is 5.95 Å². The standard InChI is InChI=1S/C24H22N6O2/c1-28-23(31)21-7-6-17(20-14-26-24(27-15-20)29-8-10-32-11-9-29)12-22(21)30(28)16-19-5-3-2-4-18(19)13-25/h2-7,12,14-15H,8-11,16H2,1H3. The van der Waals surface area contributed by atoms with Crippen LogP contribution in [0.2, 0.25) is 0 Å². The van der Waals surface area contributed by atoms with Crippen molar-refractivity contribution in [2.24, 2.45) is 7.05 Å². The normalized spacial score (nSPS) is 13.9. The van der Waals surface area contributed by atoms with E-state index in [-0.39, 0.29) is 5.56 Å². The van der Waals surface area contributed by atoms with Gasteiger partial charge in [-0.25, -0.2) is 9.97 Å². The number of fused-ring (bicyclic) bond motifs is 1. The highest BCUT2D eigenvalue weighted by molar-refractivity contribution is 5.84. The lowest BCUT2D eigenvalue weighted by Crippen LogP contribution is -2.37. The Bertz CT molecular complexity index is 1370. The molecule has 5 rings (SSSR count). The van der Waals surface area contributed by atoms with E-state index >= 15 is 0 Å². The summed E-state index contributed by atoms with van der Waals surface area (Å²) in [6.07, 6.45) is 3.63. The minimum Gasteiger partial charge on any atom is -0.378 e. The van der Waals surface area contributed by atoms with Crippen LogP contribution >= 0.6 is 0 Å². The van der Waals surface area contributed by atoms with Crippen molar-refractivity contribution in [2.75, 3.05) is 31.2 Å². The highest BCUT2D eigenvalue weighted by Gasteiger charge is 2.16. The van der Waals surface area contributed by atoms with Gasteiger partial charge < -0.3 is 9.64 Å². The zero-order valence-corrected chi connectivity index (χ0v) is 17.7. The van der Waals surface area contributed by atoms with Crippen molar-refractivity contribution in [1.82, 2.24) is 19.3 Å². The first-order chi connectivity index (χ1) is 15.7. The second-order valence-corrected chi connectivity index (χ2v) is 7.76. The van der Waals surface area contributed by atoms with Gasteiger partial charge in [0.2, 0.25) is 5.95 Å². The number of nitriles is 1. The molecule has 8 nitrogen and oxygen atoms in total. The maximum absolute atomic E-state index is 12.8. The molecular formula is C24H22N6O2. The molecule has 0 N–H and O–H groups in total. The molecule has 0 radical (unpaired) electrons. The molecule has 0 saturated carbocycles. The second-order valence-electron chi connectivity index (χ2n) is 7.76. The molecule has 4 aromatic rings. The lowest BCUT2D eigenvalue weighted by Gasteiger charge is -2.26. The third-order valence-corrected chi connectivity index (χ3v) is 5.89. The Morgan fingerprint density at radius 1 is 1.06 bits per heavy atom. The highest BCUT2D eigenvalue weighted by Crippen LogP contribution is 2.24. The molecule has 1 saturated heterocycles. The fraction of sp³-hybridized carbons (Fsp3) is 0.250. The van der Waals surface area contributed by atoms with E-state index in [1.807, 2.05) is 53.5 Å². The third-order valence-electron chi connectivity index (χ3n) is 5.89. The van der Waals surface area contributed by atoms with Crippen LogP contribution in [0.3, 0.4) is 0 Å². The lowest BCUT2D eigenvalue weighted by atomic mass is 10.1. The summed E-state index contributed by atoms with van der Waals surface area (Å²) in [6.45, 7) is 3.36. The molecule has 0 bridgehead atoms. The number of rotatable bonds is 4. The molecule has 32 heavy (non-hydrogen) atoms. The van der Waals surface area contributed by atoms with Crippen molar-refractivity contribution < 1.29 is 4.74 Å². The minimum atomic E-state index is -0.0695. The number of benzene rings is 2. The lowest BCUT2D eigenvalue weighted by molar-refractivity contribution is 0.122. The van der Waals surface area contributed by atoms with Gasteiger partial charge in [-0.3, -0.25) is 14.2 Å². The van der Waals surface area contributed by atoms with Crippen LogP contribution in [0.1, 0.15) is 11.1 Å². The van der Waals surface area contributed by atoms with Gasteiger partial charge in [0, 0.05) is 38.1 Å². The Balaban J connectivity index is 1.53. The maximum atomic E-state index is 12.8. The summed E-state index contributed by atoms with van der Waals surface area (Å²) in [7, 11) is 1.75. The largest absolute Gasteiger partial charge is 0.378 e. The predicted molar refractivity (Wildman–Crippen MR) is 121 cm³/mol. The first-order valence-corrected chi connectivity index (χ1v) is 10.5. The Morgan fingerprint density at radius 3 is 2.56 bits per heavy atom. The molecule has 2 aromatic carbocycles. The maximum Gasteiger partial charge on any atom is 0.274 e. The summed E-state index contributed by atoms with van der Waals surface area (Å²) in [5.41, 5.74) is 4.01. The predicted octanol–water partition coefficient (Wildman–Crippen LogP) is 2.55. The molecule has 2 aromatic heterocycles. The van der Waals surface area contributed by atoms with Crippen molar-refractivity contribution >= 4 is 16.9 Å². The monoisotopic (exact) mass is 426 g/mol.